The van der Waals surface area contributed by atoms with Gasteiger partial charge >= 0.3 is 0 Å². The predicted molar refractivity (Wildman–Crippen MR) is 99.0 cm³/mol. The van der Waals surface area contributed by atoms with E-state index in [1.807, 2.05) is 60.7 Å². The van der Waals surface area contributed by atoms with Crippen molar-refractivity contribution in [3.8, 4) is 0 Å². The molecule has 1 fully saturated rings. The van der Waals surface area contributed by atoms with E-state index in [0.29, 0.717) is 11.1 Å². The molecule has 2 aromatic carbocycles. The van der Waals surface area contributed by atoms with Crippen LogP contribution in [0.5, 0.6) is 0 Å². The van der Waals surface area contributed by atoms with Gasteiger partial charge in [0, 0.05) is 11.8 Å². The van der Waals surface area contributed by atoms with E-state index in [2.05, 4.69) is 11.8 Å². The van der Waals surface area contributed by atoms with Gasteiger partial charge in [-0.15, -0.1) is 0 Å². The number of carbonyl (C=O) groups is 1. The molecule has 4 heteroatoms. The molecule has 1 unspecified atom stereocenters. The van der Waals surface area contributed by atoms with Crippen molar-refractivity contribution in [1.82, 2.24) is 4.90 Å². The van der Waals surface area contributed by atoms with Crippen molar-refractivity contribution in [2.45, 2.75) is 24.2 Å². The van der Waals surface area contributed by atoms with Crippen LogP contribution in [0.1, 0.15) is 24.5 Å². The highest BCUT2D eigenvalue weighted by Crippen LogP contribution is 2.37. The largest absolute Gasteiger partial charge is 0.372 e. The molecule has 0 bridgehead atoms. The number of thioether (sulfide) groups is 1. The SMILES string of the molecule is CCN1CCC(SC(=O)C(O)(c2ccccc2)c2ccccc2)C1. The van der Waals surface area contributed by atoms with E-state index in [9.17, 15) is 9.90 Å². The molecule has 0 spiro atoms. The second kappa shape index (κ2) is 7.51. The minimum atomic E-state index is -1.60. The van der Waals surface area contributed by atoms with Crippen LogP contribution in [-0.2, 0) is 10.4 Å². The maximum atomic E-state index is 13.1. The predicted octanol–water partition coefficient (Wildman–Crippen LogP) is 3.28. The second-order valence-electron chi connectivity index (χ2n) is 6.15. The molecule has 0 radical (unpaired) electrons. The van der Waals surface area contributed by atoms with Crippen LogP contribution in [-0.4, -0.2) is 40.0 Å². The molecule has 1 atom stereocenters. The van der Waals surface area contributed by atoms with Gasteiger partial charge in [0.05, 0.1) is 0 Å². The third kappa shape index (κ3) is 3.41. The molecule has 0 aromatic heterocycles. The van der Waals surface area contributed by atoms with Crippen molar-refractivity contribution in [3.05, 3.63) is 71.8 Å². The van der Waals surface area contributed by atoms with Crippen molar-refractivity contribution >= 4 is 16.9 Å². The molecule has 3 rings (SSSR count). The standard InChI is InChI=1S/C20H23NO2S/c1-2-21-14-13-18(15-21)24-19(22)20(23,16-9-5-3-6-10-16)17-11-7-4-8-12-17/h3-12,18,23H,2,13-15H2,1H3. The molecule has 3 nitrogen and oxygen atoms in total. The molecule has 0 saturated carbocycles. The number of hydrogen-bond acceptors (Lipinski definition) is 4. The fraction of sp³-hybridized carbons (Fsp3) is 0.350. The number of benzene rings is 2. The summed E-state index contributed by atoms with van der Waals surface area (Å²) in [6.07, 6.45) is 0.990. The Balaban J connectivity index is 1.89. The maximum absolute atomic E-state index is 13.1. The van der Waals surface area contributed by atoms with E-state index >= 15 is 0 Å². The third-order valence-electron chi connectivity index (χ3n) is 4.63. The Morgan fingerprint density at radius 3 is 2.12 bits per heavy atom. The van der Waals surface area contributed by atoms with E-state index in [4.69, 9.17) is 0 Å². The van der Waals surface area contributed by atoms with Gasteiger partial charge in [-0.1, -0.05) is 79.3 Å². The van der Waals surface area contributed by atoms with Crippen LogP contribution in [0.2, 0.25) is 0 Å². The van der Waals surface area contributed by atoms with Gasteiger partial charge in [-0.25, -0.2) is 0 Å². The van der Waals surface area contributed by atoms with Gasteiger partial charge < -0.3 is 10.0 Å². The molecule has 24 heavy (non-hydrogen) atoms. The number of carbonyl (C=O) groups excluding carboxylic acids is 1. The Morgan fingerprint density at radius 2 is 1.67 bits per heavy atom. The smallest absolute Gasteiger partial charge is 0.230 e. The van der Waals surface area contributed by atoms with Crippen LogP contribution < -0.4 is 0 Å². The highest BCUT2D eigenvalue weighted by molar-refractivity contribution is 8.14. The molecular formula is C20H23NO2S. The topological polar surface area (TPSA) is 40.5 Å². The summed E-state index contributed by atoms with van der Waals surface area (Å²) < 4.78 is 0. The van der Waals surface area contributed by atoms with E-state index in [1.165, 1.54) is 11.8 Å². The monoisotopic (exact) mass is 341 g/mol. The molecule has 1 aliphatic rings. The number of nitrogens with zero attached hydrogens (tertiary/aromatic N) is 1. The Morgan fingerprint density at radius 1 is 1.12 bits per heavy atom. The first-order valence-corrected chi connectivity index (χ1v) is 9.29. The van der Waals surface area contributed by atoms with Crippen LogP contribution in [0.3, 0.4) is 0 Å². The number of rotatable bonds is 5. The number of aliphatic hydroxyl groups is 1. The fourth-order valence-electron chi connectivity index (χ4n) is 3.18. The average molecular weight is 341 g/mol. The first-order valence-electron chi connectivity index (χ1n) is 8.41. The zero-order chi connectivity index (χ0) is 17.0. The van der Waals surface area contributed by atoms with Crippen molar-refractivity contribution < 1.29 is 9.90 Å². The van der Waals surface area contributed by atoms with Crippen LogP contribution in [0.4, 0.5) is 0 Å². The first-order chi connectivity index (χ1) is 11.6. The maximum Gasteiger partial charge on any atom is 0.230 e. The summed E-state index contributed by atoms with van der Waals surface area (Å²) in [5.74, 6) is 0. The Hall–Kier alpha value is -1.62. The lowest BCUT2D eigenvalue weighted by molar-refractivity contribution is -0.124. The zero-order valence-electron chi connectivity index (χ0n) is 13.9. The zero-order valence-corrected chi connectivity index (χ0v) is 14.7. The van der Waals surface area contributed by atoms with Crippen molar-refractivity contribution in [2.75, 3.05) is 19.6 Å². The summed E-state index contributed by atoms with van der Waals surface area (Å²) in [6, 6.07) is 18.5. The van der Waals surface area contributed by atoms with E-state index in [1.54, 1.807) is 0 Å². The van der Waals surface area contributed by atoms with Gasteiger partial charge in [0.2, 0.25) is 5.12 Å². The van der Waals surface area contributed by atoms with Crippen molar-refractivity contribution in [2.24, 2.45) is 0 Å². The Labute approximate surface area is 147 Å². The minimum Gasteiger partial charge on any atom is -0.372 e. The molecule has 1 N–H and O–H groups in total. The molecule has 126 valence electrons. The normalized spacial score (nSPS) is 18.7. The number of likely N-dealkylation sites (tertiary alicyclic amines) is 1. The molecule has 2 aromatic rings. The van der Waals surface area contributed by atoms with Gasteiger partial charge in [-0.3, -0.25) is 4.79 Å². The molecule has 0 aliphatic carbocycles. The van der Waals surface area contributed by atoms with Crippen molar-refractivity contribution in [1.29, 1.82) is 0 Å². The van der Waals surface area contributed by atoms with Gasteiger partial charge in [0.1, 0.15) is 0 Å². The molecule has 1 heterocycles. The quantitative estimate of drug-likeness (QED) is 0.906. The summed E-state index contributed by atoms with van der Waals surface area (Å²) in [5.41, 5.74) is -0.356. The highest BCUT2D eigenvalue weighted by atomic mass is 32.2. The van der Waals surface area contributed by atoms with E-state index in [-0.39, 0.29) is 10.4 Å². The van der Waals surface area contributed by atoms with Crippen LogP contribution in [0.15, 0.2) is 60.7 Å². The summed E-state index contributed by atoms with van der Waals surface area (Å²) in [5, 5.41) is 11.5. The third-order valence-corrected chi connectivity index (χ3v) is 5.86. The first kappa shape index (κ1) is 17.2. The van der Waals surface area contributed by atoms with E-state index in [0.717, 1.165) is 26.1 Å². The van der Waals surface area contributed by atoms with Gasteiger partial charge in [0.15, 0.2) is 5.60 Å². The van der Waals surface area contributed by atoms with Crippen LogP contribution >= 0.6 is 11.8 Å². The Bertz CT molecular complexity index is 635. The lowest BCUT2D eigenvalue weighted by Crippen LogP contribution is -2.36. The van der Waals surface area contributed by atoms with Gasteiger partial charge in [-0.05, 0) is 30.6 Å². The highest BCUT2D eigenvalue weighted by Gasteiger charge is 2.41. The number of hydrogen-bond donors (Lipinski definition) is 1. The minimum absolute atomic E-state index is 0.192. The molecular weight excluding hydrogens is 318 g/mol. The van der Waals surface area contributed by atoms with Crippen LogP contribution in [0, 0.1) is 0 Å². The van der Waals surface area contributed by atoms with Gasteiger partial charge in [-0.2, -0.15) is 0 Å². The molecule has 1 aliphatic heterocycles. The van der Waals surface area contributed by atoms with Crippen molar-refractivity contribution in [3.63, 3.8) is 0 Å². The lowest BCUT2D eigenvalue weighted by atomic mass is 9.87. The average Bonchev–Trinajstić information content (AvgIpc) is 3.10. The van der Waals surface area contributed by atoms with Gasteiger partial charge in [0.25, 0.3) is 0 Å². The Kier molecular flexibility index (Phi) is 5.39. The molecule has 1 saturated heterocycles. The summed E-state index contributed by atoms with van der Waals surface area (Å²) in [6.45, 7) is 5.08. The van der Waals surface area contributed by atoms with E-state index < -0.39 is 5.60 Å². The summed E-state index contributed by atoms with van der Waals surface area (Å²) in [4.78, 5) is 15.5. The summed E-state index contributed by atoms with van der Waals surface area (Å²) >= 11 is 1.29. The summed E-state index contributed by atoms with van der Waals surface area (Å²) in [7, 11) is 0. The van der Waals surface area contributed by atoms with Crippen LogP contribution in [0.25, 0.3) is 0 Å². The second-order valence-corrected chi connectivity index (χ2v) is 7.42. The fourth-order valence-corrected chi connectivity index (χ4v) is 4.40. The lowest BCUT2D eigenvalue weighted by Gasteiger charge is -2.28. The molecule has 0 amide bonds.